The molecule has 1 amide bonds. The van der Waals surface area contributed by atoms with Crippen LogP contribution in [-0.4, -0.2) is 50.7 Å². The number of ether oxygens (including phenoxy) is 3. The number of hydrogen-bond donors (Lipinski definition) is 1. The van der Waals surface area contributed by atoms with Crippen molar-refractivity contribution in [3.05, 3.63) is 126 Å². The van der Waals surface area contributed by atoms with Crippen molar-refractivity contribution in [2.75, 3.05) is 0 Å². The van der Waals surface area contributed by atoms with E-state index in [1.807, 2.05) is 66.7 Å². The van der Waals surface area contributed by atoms with Crippen molar-refractivity contribution < 1.29 is 33.0 Å². The first-order valence-corrected chi connectivity index (χ1v) is 18.2. The van der Waals surface area contributed by atoms with Gasteiger partial charge in [-0.3, -0.25) is 4.79 Å². The highest BCUT2D eigenvalue weighted by Crippen LogP contribution is 2.39. The second-order valence-corrected chi connectivity index (χ2v) is 17.1. The van der Waals surface area contributed by atoms with E-state index in [1.54, 1.807) is 36.4 Å². The monoisotopic (exact) mass is 643 g/mol. The first-order chi connectivity index (χ1) is 21.8. The molecule has 3 aromatic rings. The summed E-state index contributed by atoms with van der Waals surface area (Å²) in [6.07, 6.45) is 0.977. The van der Waals surface area contributed by atoms with Gasteiger partial charge in [-0.1, -0.05) is 118 Å². The summed E-state index contributed by atoms with van der Waals surface area (Å²) in [5.41, 5.74) is 1.99. The molecule has 0 saturated carbocycles. The minimum absolute atomic E-state index is 0.0463. The van der Waals surface area contributed by atoms with Gasteiger partial charge in [-0.15, -0.1) is 0 Å². The predicted octanol–water partition coefficient (Wildman–Crippen LogP) is 7.73. The molecule has 0 fully saturated rings. The summed E-state index contributed by atoms with van der Waals surface area (Å²) in [7, 11) is -2.64. The zero-order valence-electron chi connectivity index (χ0n) is 27.5. The second-order valence-electron chi connectivity index (χ2n) is 12.4. The van der Waals surface area contributed by atoms with Gasteiger partial charge in [-0.2, -0.15) is 0 Å². The lowest BCUT2D eigenvalue weighted by Gasteiger charge is -2.44. The van der Waals surface area contributed by atoms with Gasteiger partial charge in [0.2, 0.25) is 0 Å². The fraction of sp³-hybridized carbons (Fsp3) is 0.324. The van der Waals surface area contributed by atoms with E-state index in [-0.39, 0.29) is 11.6 Å². The number of carbonyl (C=O) groups excluding carboxylic acids is 3. The van der Waals surface area contributed by atoms with Crippen molar-refractivity contribution in [1.29, 1.82) is 0 Å². The highest BCUT2D eigenvalue weighted by molar-refractivity contribution is 6.74. The predicted molar refractivity (Wildman–Crippen MR) is 182 cm³/mol. The third-order valence-corrected chi connectivity index (χ3v) is 12.3. The summed E-state index contributed by atoms with van der Waals surface area (Å²) in [5, 5.41) is 2.67. The van der Waals surface area contributed by atoms with E-state index in [1.165, 1.54) is 13.0 Å². The van der Waals surface area contributed by atoms with E-state index >= 15 is 0 Å². The van der Waals surface area contributed by atoms with Gasteiger partial charge in [0.1, 0.15) is 12.7 Å². The molecule has 0 aliphatic heterocycles. The Morgan fingerprint density at radius 3 is 1.96 bits per heavy atom. The second kappa shape index (κ2) is 16.7. The number of benzene rings is 3. The zero-order valence-corrected chi connectivity index (χ0v) is 28.5. The Bertz CT molecular complexity index is 1450. The number of esters is 2. The van der Waals surface area contributed by atoms with Crippen molar-refractivity contribution in [2.45, 2.75) is 76.8 Å². The van der Waals surface area contributed by atoms with Gasteiger partial charge in [0, 0.05) is 6.92 Å². The van der Waals surface area contributed by atoms with E-state index in [4.69, 9.17) is 18.6 Å². The van der Waals surface area contributed by atoms with Crippen LogP contribution in [0.2, 0.25) is 18.1 Å². The molecule has 9 heteroatoms. The van der Waals surface area contributed by atoms with Crippen LogP contribution in [0.5, 0.6) is 0 Å². The normalized spacial score (nSPS) is 14.4. The molecule has 0 heterocycles. The molecule has 46 heavy (non-hydrogen) atoms. The van der Waals surface area contributed by atoms with Crippen molar-refractivity contribution >= 4 is 32.4 Å². The summed E-state index contributed by atoms with van der Waals surface area (Å²) in [5.74, 6) is -1.24. The third-order valence-electron chi connectivity index (χ3n) is 7.82. The number of alkyl carbamates (subject to hydrolysis) is 1. The third kappa shape index (κ3) is 10.9. The van der Waals surface area contributed by atoms with Crippen LogP contribution in [0, 0.1) is 0 Å². The van der Waals surface area contributed by atoms with Gasteiger partial charge < -0.3 is 24.0 Å². The van der Waals surface area contributed by atoms with Crippen LogP contribution in [0.25, 0.3) is 6.08 Å². The molecule has 0 aliphatic carbocycles. The average molecular weight is 644 g/mol. The molecule has 0 saturated heterocycles. The van der Waals surface area contributed by atoms with Gasteiger partial charge in [-0.25, -0.2) is 9.59 Å². The molecule has 1 N–H and O–H groups in total. The molecule has 4 atom stereocenters. The molecule has 0 bridgehead atoms. The molecule has 0 unspecified atom stereocenters. The first kappa shape index (κ1) is 36.0. The maximum atomic E-state index is 13.5. The Hall–Kier alpha value is -4.47. The molecular weight excluding hydrogens is 598 g/mol. The van der Waals surface area contributed by atoms with Gasteiger partial charge in [0.05, 0.1) is 11.6 Å². The van der Waals surface area contributed by atoms with Crippen molar-refractivity contribution in [3.8, 4) is 0 Å². The Morgan fingerprint density at radius 2 is 1.41 bits per heavy atom. The SMILES string of the molecule is C=C[C@H](OC(C)=O)[C@@H](OC(=O)c1ccccc1)[C@H](O[Si](C)(C)C(C)(C)C)[C@@H](/C=C/c1ccccc1)NC(=O)OCc1ccccc1. The topological polar surface area (TPSA) is 100 Å². The van der Waals surface area contributed by atoms with Gasteiger partial charge in [-0.05, 0) is 47.5 Å². The van der Waals surface area contributed by atoms with Gasteiger partial charge >= 0.3 is 18.0 Å². The van der Waals surface area contributed by atoms with Crippen molar-refractivity contribution in [3.63, 3.8) is 0 Å². The lowest BCUT2D eigenvalue weighted by atomic mass is 9.99. The largest absolute Gasteiger partial charge is 0.454 e. The highest BCUT2D eigenvalue weighted by Gasteiger charge is 2.46. The fourth-order valence-corrected chi connectivity index (χ4v) is 5.62. The number of amides is 1. The molecule has 0 spiro atoms. The van der Waals surface area contributed by atoms with Crippen LogP contribution in [-0.2, 0) is 30.0 Å². The highest BCUT2D eigenvalue weighted by atomic mass is 28.4. The van der Waals surface area contributed by atoms with Crippen LogP contribution in [0.3, 0.4) is 0 Å². The summed E-state index contributed by atoms with van der Waals surface area (Å²) < 4.78 is 24.4. The summed E-state index contributed by atoms with van der Waals surface area (Å²) >= 11 is 0. The van der Waals surface area contributed by atoms with Crippen LogP contribution in [0.1, 0.15) is 49.2 Å². The van der Waals surface area contributed by atoms with E-state index in [0.29, 0.717) is 5.56 Å². The molecule has 3 aromatic carbocycles. The molecule has 8 nitrogen and oxygen atoms in total. The van der Waals surface area contributed by atoms with Crippen LogP contribution in [0.15, 0.2) is 110 Å². The molecular formula is C37H45NO7Si. The summed E-state index contributed by atoms with van der Waals surface area (Å²) in [6.45, 7) is 15.5. The van der Waals surface area contributed by atoms with Crippen LogP contribution >= 0.6 is 0 Å². The lowest BCUT2D eigenvalue weighted by Crippen LogP contribution is -2.59. The molecule has 0 aromatic heterocycles. The van der Waals surface area contributed by atoms with Crippen molar-refractivity contribution in [1.82, 2.24) is 5.32 Å². The van der Waals surface area contributed by atoms with E-state index < -0.39 is 50.7 Å². The van der Waals surface area contributed by atoms with E-state index in [9.17, 15) is 14.4 Å². The average Bonchev–Trinajstić information content (AvgIpc) is 3.03. The number of nitrogens with one attached hydrogen (secondary N) is 1. The van der Waals surface area contributed by atoms with E-state index in [2.05, 4.69) is 45.8 Å². The standard InChI is InChI=1S/C37H45NO7Si/c1-8-32(43-27(2)39)34(44-35(40)30-22-16-11-17-23-30)33(45-46(6,7)37(3,4)5)31(25-24-28-18-12-9-13-19-28)38-36(41)42-26-29-20-14-10-15-21-29/h8-25,31-34H,1,26H2,2-7H3,(H,38,41)/b25-24+/t31-,32+,33-,34-/m1/s1. The molecule has 244 valence electrons. The minimum atomic E-state index is -2.64. The number of hydrogen-bond acceptors (Lipinski definition) is 7. The molecule has 3 rings (SSSR count). The zero-order chi connectivity index (χ0) is 33.7. The lowest BCUT2D eigenvalue weighted by molar-refractivity contribution is -0.153. The Kier molecular flexibility index (Phi) is 13.1. The number of rotatable bonds is 14. The Labute approximate surface area is 273 Å². The fourth-order valence-electron chi connectivity index (χ4n) is 4.31. The van der Waals surface area contributed by atoms with Crippen LogP contribution in [0.4, 0.5) is 4.79 Å². The van der Waals surface area contributed by atoms with Crippen molar-refractivity contribution in [2.24, 2.45) is 0 Å². The maximum Gasteiger partial charge on any atom is 0.408 e. The summed E-state index contributed by atoms with van der Waals surface area (Å²) in [6, 6.07) is 26.5. The Balaban J connectivity index is 2.12. The smallest absolute Gasteiger partial charge is 0.408 e. The minimum Gasteiger partial charge on any atom is -0.454 e. The number of carbonyl (C=O) groups is 3. The quantitative estimate of drug-likeness (QED) is 0.0831. The Morgan fingerprint density at radius 1 is 0.848 bits per heavy atom. The maximum absolute atomic E-state index is 13.5. The van der Waals surface area contributed by atoms with Crippen LogP contribution < -0.4 is 5.32 Å². The summed E-state index contributed by atoms with van der Waals surface area (Å²) in [4.78, 5) is 39.2. The first-order valence-electron chi connectivity index (χ1n) is 15.2. The van der Waals surface area contributed by atoms with Gasteiger partial charge in [0.15, 0.2) is 20.5 Å². The molecule has 0 aliphatic rings. The van der Waals surface area contributed by atoms with E-state index in [0.717, 1.165) is 11.1 Å². The molecule has 0 radical (unpaired) electrons. The van der Waals surface area contributed by atoms with Gasteiger partial charge in [0.25, 0.3) is 0 Å².